The Morgan fingerprint density at radius 2 is 2.24 bits per heavy atom. The molecule has 1 aliphatic carbocycles. The number of nitrogens with two attached hydrogens (primary N) is 1. The lowest BCUT2D eigenvalue weighted by Gasteiger charge is -2.43. The first-order chi connectivity index (χ1) is 11.8. The van der Waals surface area contributed by atoms with E-state index < -0.39 is 38.6 Å². The SMILES string of the molecule is NC(=O)C1=C(F)C(c2ccccn2)C(Cl)(N2CCOCS2(=O)=O)C=C1. The summed E-state index contributed by atoms with van der Waals surface area (Å²) in [5.74, 6) is -3.78. The summed E-state index contributed by atoms with van der Waals surface area (Å²) in [6.07, 6.45) is 3.80. The van der Waals surface area contributed by atoms with E-state index in [2.05, 4.69) is 4.98 Å². The first-order valence-electron chi connectivity index (χ1n) is 7.34. The van der Waals surface area contributed by atoms with Crippen LogP contribution in [0.15, 0.2) is 47.9 Å². The summed E-state index contributed by atoms with van der Waals surface area (Å²) in [4.78, 5) is 13.8. The van der Waals surface area contributed by atoms with Gasteiger partial charge in [0.2, 0.25) is 10.0 Å². The Hall–Kier alpha value is -1.81. The zero-order valence-electron chi connectivity index (χ0n) is 12.9. The number of rotatable bonds is 3. The summed E-state index contributed by atoms with van der Waals surface area (Å²) in [5.41, 5.74) is 5.03. The highest BCUT2D eigenvalue weighted by molar-refractivity contribution is 7.89. The fraction of sp³-hybridized carbons (Fsp3) is 0.333. The molecule has 2 N–H and O–H groups in total. The largest absolute Gasteiger partial charge is 0.366 e. The van der Waals surface area contributed by atoms with Crippen molar-refractivity contribution in [2.24, 2.45) is 5.73 Å². The molecule has 1 aromatic rings. The summed E-state index contributed by atoms with van der Waals surface area (Å²) in [7, 11) is -3.89. The summed E-state index contributed by atoms with van der Waals surface area (Å²) < 4.78 is 45.9. The number of amides is 1. The molecule has 0 aromatic carbocycles. The second kappa shape index (κ2) is 6.49. The Bertz CT molecular complexity index is 859. The monoisotopic (exact) mass is 387 g/mol. The highest BCUT2D eigenvalue weighted by Crippen LogP contribution is 2.48. The maximum atomic E-state index is 15.1. The number of pyridine rings is 1. The van der Waals surface area contributed by atoms with E-state index in [0.717, 1.165) is 10.4 Å². The summed E-state index contributed by atoms with van der Waals surface area (Å²) >= 11 is 6.64. The van der Waals surface area contributed by atoms with Crippen molar-refractivity contribution in [1.29, 1.82) is 0 Å². The number of alkyl halides is 1. The Labute approximate surface area is 149 Å². The predicted molar refractivity (Wildman–Crippen MR) is 88.5 cm³/mol. The molecule has 0 radical (unpaired) electrons. The molecule has 2 unspecified atom stereocenters. The van der Waals surface area contributed by atoms with Gasteiger partial charge in [-0.1, -0.05) is 17.7 Å². The number of halogens is 2. The van der Waals surface area contributed by atoms with Gasteiger partial charge < -0.3 is 10.5 Å². The van der Waals surface area contributed by atoms with Crippen LogP contribution in [-0.4, -0.2) is 47.7 Å². The van der Waals surface area contributed by atoms with E-state index in [9.17, 15) is 13.2 Å². The third-order valence-corrected chi connectivity index (χ3v) is 6.31. The van der Waals surface area contributed by atoms with Gasteiger partial charge in [-0.2, -0.15) is 4.31 Å². The van der Waals surface area contributed by atoms with Crippen molar-refractivity contribution >= 4 is 27.5 Å². The van der Waals surface area contributed by atoms with Crippen molar-refractivity contribution in [3.63, 3.8) is 0 Å². The van der Waals surface area contributed by atoms with E-state index in [1.807, 2.05) is 0 Å². The molecule has 2 aliphatic rings. The summed E-state index contributed by atoms with van der Waals surface area (Å²) in [5, 5.41) is 0. The van der Waals surface area contributed by atoms with E-state index >= 15 is 4.39 Å². The van der Waals surface area contributed by atoms with Crippen LogP contribution < -0.4 is 5.73 Å². The molecule has 0 bridgehead atoms. The summed E-state index contributed by atoms with van der Waals surface area (Å²) in [6.45, 7) is 0.0587. The van der Waals surface area contributed by atoms with Gasteiger partial charge in [0.05, 0.1) is 23.8 Å². The van der Waals surface area contributed by atoms with Gasteiger partial charge >= 0.3 is 0 Å². The lowest BCUT2D eigenvalue weighted by molar-refractivity contribution is -0.114. The van der Waals surface area contributed by atoms with E-state index in [1.54, 1.807) is 12.1 Å². The maximum absolute atomic E-state index is 15.1. The number of nitrogens with zero attached hydrogens (tertiary/aromatic N) is 2. The molecule has 1 fully saturated rings. The third-order valence-electron chi connectivity index (χ3n) is 4.04. The average Bonchev–Trinajstić information content (AvgIpc) is 2.55. The number of carbonyl (C=O) groups is 1. The van der Waals surface area contributed by atoms with Gasteiger partial charge in [-0.3, -0.25) is 9.78 Å². The van der Waals surface area contributed by atoms with Gasteiger partial charge in [0.1, 0.15) is 10.8 Å². The van der Waals surface area contributed by atoms with Crippen LogP contribution in [0.1, 0.15) is 11.6 Å². The minimum absolute atomic E-state index is 0.0569. The molecule has 1 aliphatic heterocycles. The number of aromatic nitrogens is 1. The predicted octanol–water partition coefficient (Wildman–Crippen LogP) is 0.999. The molecule has 1 amide bonds. The number of sulfonamides is 1. The van der Waals surface area contributed by atoms with Gasteiger partial charge in [0.25, 0.3) is 5.91 Å². The van der Waals surface area contributed by atoms with Crippen LogP contribution in [0, 0.1) is 0 Å². The number of carbonyl (C=O) groups excluding carboxylic acids is 1. The molecular formula is C15H15ClFN3O4S. The Morgan fingerprint density at radius 1 is 1.48 bits per heavy atom. The van der Waals surface area contributed by atoms with E-state index in [-0.39, 0.29) is 24.4 Å². The van der Waals surface area contributed by atoms with Crippen LogP contribution in [0.3, 0.4) is 0 Å². The van der Waals surface area contributed by atoms with Crippen LogP contribution in [0.2, 0.25) is 0 Å². The Balaban J connectivity index is 2.18. The zero-order valence-corrected chi connectivity index (χ0v) is 14.5. The van der Waals surface area contributed by atoms with E-state index in [0.29, 0.717) is 0 Å². The smallest absolute Gasteiger partial charge is 0.251 e. The van der Waals surface area contributed by atoms with Crippen molar-refractivity contribution in [3.05, 3.63) is 53.6 Å². The molecule has 3 rings (SSSR count). The minimum Gasteiger partial charge on any atom is -0.366 e. The van der Waals surface area contributed by atoms with E-state index in [4.69, 9.17) is 22.1 Å². The first kappa shape index (κ1) is 18.0. The Kier molecular flexibility index (Phi) is 4.67. The topological polar surface area (TPSA) is 103 Å². The van der Waals surface area contributed by atoms with Gasteiger partial charge in [-0.05, 0) is 24.3 Å². The van der Waals surface area contributed by atoms with Crippen LogP contribution in [-0.2, 0) is 19.6 Å². The molecule has 2 atom stereocenters. The van der Waals surface area contributed by atoms with E-state index in [1.165, 1.54) is 18.3 Å². The van der Waals surface area contributed by atoms with Crippen LogP contribution in [0.25, 0.3) is 0 Å². The van der Waals surface area contributed by atoms with Crippen LogP contribution in [0.4, 0.5) is 4.39 Å². The number of hydrogen-bond donors (Lipinski definition) is 1. The van der Waals surface area contributed by atoms with Crippen LogP contribution >= 0.6 is 11.6 Å². The number of hydrogen-bond acceptors (Lipinski definition) is 5. The average molecular weight is 388 g/mol. The molecule has 1 aromatic heterocycles. The molecule has 1 saturated heterocycles. The van der Waals surface area contributed by atoms with Gasteiger partial charge in [0.15, 0.2) is 5.94 Å². The lowest BCUT2D eigenvalue weighted by Crippen LogP contribution is -2.56. The van der Waals surface area contributed by atoms with Gasteiger partial charge in [0, 0.05) is 12.7 Å². The zero-order chi connectivity index (χ0) is 18.2. The fourth-order valence-electron chi connectivity index (χ4n) is 2.92. The molecule has 10 heteroatoms. The highest BCUT2D eigenvalue weighted by Gasteiger charge is 2.52. The molecule has 134 valence electrons. The fourth-order valence-corrected chi connectivity index (χ4v) is 4.99. The molecule has 7 nitrogen and oxygen atoms in total. The first-order valence-corrected chi connectivity index (χ1v) is 9.33. The minimum atomic E-state index is -3.89. The van der Waals surface area contributed by atoms with Crippen molar-refractivity contribution in [1.82, 2.24) is 9.29 Å². The van der Waals surface area contributed by atoms with Crippen molar-refractivity contribution < 1.29 is 22.3 Å². The van der Waals surface area contributed by atoms with Gasteiger partial charge in [-0.15, -0.1) is 0 Å². The molecule has 2 heterocycles. The second-order valence-electron chi connectivity index (χ2n) is 5.58. The second-order valence-corrected chi connectivity index (χ2v) is 8.03. The Morgan fingerprint density at radius 3 is 2.84 bits per heavy atom. The molecular weight excluding hydrogens is 373 g/mol. The summed E-state index contributed by atoms with van der Waals surface area (Å²) in [6, 6.07) is 4.75. The third kappa shape index (κ3) is 3.08. The van der Waals surface area contributed by atoms with Crippen LogP contribution in [0.5, 0.6) is 0 Å². The normalized spacial score (nSPS) is 29.6. The maximum Gasteiger partial charge on any atom is 0.251 e. The van der Waals surface area contributed by atoms with Gasteiger partial charge in [-0.25, -0.2) is 12.8 Å². The quantitative estimate of drug-likeness (QED) is 0.615. The van der Waals surface area contributed by atoms with Crippen molar-refractivity contribution in [2.75, 3.05) is 19.1 Å². The molecule has 0 saturated carbocycles. The number of primary amides is 1. The van der Waals surface area contributed by atoms with Crippen molar-refractivity contribution in [2.45, 2.75) is 10.9 Å². The lowest BCUT2D eigenvalue weighted by atomic mass is 9.86. The van der Waals surface area contributed by atoms with Crippen molar-refractivity contribution in [3.8, 4) is 0 Å². The molecule has 0 spiro atoms. The highest BCUT2D eigenvalue weighted by atomic mass is 35.5. The molecule has 25 heavy (non-hydrogen) atoms. The standard InChI is InChI=1S/C15H15ClFN3O4S/c16-15(20-7-8-24-9-25(20,22)23)5-4-10(14(18)21)13(17)12(15)11-3-1-2-6-19-11/h1-6,12H,7-9H2,(H2,18,21). The number of ether oxygens (including phenoxy) is 1.